The maximum Gasteiger partial charge on any atom is 0.149 e. The summed E-state index contributed by atoms with van der Waals surface area (Å²) in [7, 11) is 1.82. The second kappa shape index (κ2) is 6.39. The van der Waals surface area contributed by atoms with E-state index >= 15 is 0 Å². The molecule has 0 saturated carbocycles. The third-order valence-corrected chi connectivity index (χ3v) is 2.76. The fourth-order valence-electron chi connectivity index (χ4n) is 1.05. The Labute approximate surface area is 94.0 Å². The van der Waals surface area contributed by atoms with Crippen LogP contribution < -0.4 is 5.32 Å². The number of nitrogens with one attached hydrogen (secondary N) is 1. The van der Waals surface area contributed by atoms with Gasteiger partial charge in [0.15, 0.2) is 0 Å². The molecule has 0 bridgehead atoms. The van der Waals surface area contributed by atoms with Crippen molar-refractivity contribution in [2.45, 2.75) is 38.6 Å². The van der Waals surface area contributed by atoms with E-state index in [4.69, 9.17) is 0 Å². The molecule has 0 aliphatic rings. The van der Waals surface area contributed by atoms with E-state index in [-0.39, 0.29) is 11.3 Å². The standard InChI is InChI=1S/C10H16INO/c1-9(13)10(2,12-3)7-5-4-6-8-11/h12H,4-5,7H2,1-3H3. The summed E-state index contributed by atoms with van der Waals surface area (Å²) in [5, 5.41) is 3.06. The van der Waals surface area contributed by atoms with Gasteiger partial charge in [-0.3, -0.25) is 4.79 Å². The maximum atomic E-state index is 11.3. The molecule has 0 aliphatic carbocycles. The van der Waals surface area contributed by atoms with Crippen LogP contribution in [0.25, 0.3) is 0 Å². The number of hydrogen-bond donors (Lipinski definition) is 1. The average Bonchev–Trinajstić information content (AvgIpc) is 2.12. The van der Waals surface area contributed by atoms with Gasteiger partial charge < -0.3 is 5.32 Å². The van der Waals surface area contributed by atoms with Gasteiger partial charge in [-0.25, -0.2) is 0 Å². The Hall–Kier alpha value is -0.0800. The molecular weight excluding hydrogens is 277 g/mol. The lowest BCUT2D eigenvalue weighted by atomic mass is 9.91. The van der Waals surface area contributed by atoms with Crippen molar-refractivity contribution < 1.29 is 4.79 Å². The number of unbranched alkanes of at least 4 members (excludes halogenated alkanes) is 1. The molecule has 1 N–H and O–H groups in total. The first-order valence-corrected chi connectivity index (χ1v) is 5.43. The van der Waals surface area contributed by atoms with E-state index < -0.39 is 0 Å². The van der Waals surface area contributed by atoms with Crippen molar-refractivity contribution in [3.05, 3.63) is 0 Å². The zero-order valence-electron chi connectivity index (χ0n) is 8.41. The number of ketones is 1. The average molecular weight is 293 g/mol. The van der Waals surface area contributed by atoms with Crippen molar-refractivity contribution in [2.24, 2.45) is 0 Å². The zero-order valence-corrected chi connectivity index (χ0v) is 10.6. The highest BCUT2D eigenvalue weighted by Gasteiger charge is 2.26. The molecule has 3 heteroatoms. The van der Waals surface area contributed by atoms with Crippen LogP contribution in [0.2, 0.25) is 0 Å². The highest BCUT2D eigenvalue weighted by Crippen LogP contribution is 2.14. The van der Waals surface area contributed by atoms with Gasteiger partial charge in [-0.05, 0) is 37.7 Å². The summed E-state index contributed by atoms with van der Waals surface area (Å²) >= 11 is 2.03. The molecule has 0 aliphatic heterocycles. The van der Waals surface area contributed by atoms with E-state index in [0.29, 0.717) is 0 Å². The number of halogens is 1. The van der Waals surface area contributed by atoms with Gasteiger partial charge in [-0.2, -0.15) is 0 Å². The van der Waals surface area contributed by atoms with Crippen molar-refractivity contribution in [1.29, 1.82) is 0 Å². The van der Waals surface area contributed by atoms with Gasteiger partial charge in [0.05, 0.1) is 5.54 Å². The van der Waals surface area contributed by atoms with Crippen LogP contribution in [0.3, 0.4) is 0 Å². The molecule has 0 rings (SSSR count). The zero-order chi connectivity index (χ0) is 10.3. The van der Waals surface area contributed by atoms with Gasteiger partial charge in [0.1, 0.15) is 5.78 Å². The summed E-state index contributed by atoms with van der Waals surface area (Å²) < 4.78 is 2.82. The van der Waals surface area contributed by atoms with Crippen LogP contribution in [0.15, 0.2) is 0 Å². The van der Waals surface area contributed by atoms with E-state index in [1.54, 1.807) is 6.92 Å². The van der Waals surface area contributed by atoms with E-state index in [2.05, 4.69) is 15.2 Å². The van der Waals surface area contributed by atoms with Gasteiger partial charge in [0, 0.05) is 29.0 Å². The summed E-state index contributed by atoms with van der Waals surface area (Å²) in [4.78, 5) is 11.3. The number of likely N-dealkylation sites (N-methyl/N-ethyl adjacent to an activating group) is 1. The Morgan fingerprint density at radius 2 is 2.23 bits per heavy atom. The summed E-state index contributed by atoms with van der Waals surface area (Å²) in [6.07, 6.45) is 2.69. The Kier molecular flexibility index (Phi) is 6.35. The molecular formula is C10H16INO. The van der Waals surface area contributed by atoms with Crippen molar-refractivity contribution in [1.82, 2.24) is 5.32 Å². The smallest absolute Gasteiger partial charge is 0.149 e. The molecule has 2 nitrogen and oxygen atoms in total. The Morgan fingerprint density at radius 1 is 1.62 bits per heavy atom. The molecule has 0 saturated heterocycles. The molecule has 0 radical (unpaired) electrons. The van der Waals surface area contributed by atoms with Crippen molar-refractivity contribution in [3.63, 3.8) is 0 Å². The predicted molar refractivity (Wildman–Crippen MR) is 63.8 cm³/mol. The number of hydrogen-bond acceptors (Lipinski definition) is 2. The van der Waals surface area contributed by atoms with Crippen LogP contribution in [-0.4, -0.2) is 18.4 Å². The van der Waals surface area contributed by atoms with Gasteiger partial charge in [-0.1, -0.05) is 5.92 Å². The van der Waals surface area contributed by atoms with Crippen LogP contribution in [0.5, 0.6) is 0 Å². The lowest BCUT2D eigenvalue weighted by Gasteiger charge is -2.25. The monoisotopic (exact) mass is 293 g/mol. The second-order valence-corrected chi connectivity index (χ2v) is 3.80. The van der Waals surface area contributed by atoms with Gasteiger partial charge in [-0.15, -0.1) is 0 Å². The van der Waals surface area contributed by atoms with E-state index in [0.717, 1.165) is 19.3 Å². The molecule has 0 aromatic heterocycles. The van der Waals surface area contributed by atoms with Crippen LogP contribution in [0.1, 0.15) is 33.1 Å². The first-order chi connectivity index (χ1) is 6.06. The first kappa shape index (κ1) is 12.9. The highest BCUT2D eigenvalue weighted by molar-refractivity contribution is 14.1. The molecule has 0 aromatic rings. The molecule has 74 valence electrons. The Morgan fingerprint density at radius 3 is 2.62 bits per heavy atom. The van der Waals surface area contributed by atoms with Gasteiger partial charge in [0.2, 0.25) is 0 Å². The molecule has 1 atom stereocenters. The maximum absolute atomic E-state index is 11.3. The first-order valence-electron chi connectivity index (χ1n) is 4.35. The lowest BCUT2D eigenvalue weighted by Crippen LogP contribution is -2.46. The summed E-state index contributed by atoms with van der Waals surface area (Å²) in [6.45, 7) is 3.56. The molecule has 13 heavy (non-hydrogen) atoms. The second-order valence-electron chi connectivity index (χ2n) is 3.26. The van der Waals surface area contributed by atoms with E-state index in [1.807, 2.05) is 36.6 Å². The van der Waals surface area contributed by atoms with Crippen LogP contribution in [-0.2, 0) is 4.79 Å². The van der Waals surface area contributed by atoms with E-state index in [9.17, 15) is 4.79 Å². The summed E-state index contributed by atoms with van der Waals surface area (Å²) in [5.41, 5.74) is -0.368. The van der Waals surface area contributed by atoms with Crippen molar-refractivity contribution in [2.75, 3.05) is 7.05 Å². The fraction of sp³-hybridized carbons (Fsp3) is 0.700. The molecule has 0 aromatic carbocycles. The van der Waals surface area contributed by atoms with E-state index in [1.165, 1.54) is 0 Å². The minimum atomic E-state index is -0.368. The Balaban J connectivity index is 3.96. The minimum absolute atomic E-state index is 0.192. The van der Waals surface area contributed by atoms with Gasteiger partial charge >= 0.3 is 0 Å². The van der Waals surface area contributed by atoms with Crippen molar-refractivity contribution >= 4 is 28.4 Å². The quantitative estimate of drug-likeness (QED) is 0.478. The number of Topliss-reactive ketones (excluding diaryl/α,β-unsaturated/α-hetero) is 1. The molecule has 0 fully saturated rings. The minimum Gasteiger partial charge on any atom is -0.308 e. The number of carbonyl (C=O) groups excluding carboxylic acids is 1. The number of carbonyl (C=O) groups is 1. The molecule has 1 unspecified atom stereocenters. The lowest BCUT2D eigenvalue weighted by molar-refractivity contribution is -0.122. The fourth-order valence-corrected chi connectivity index (χ4v) is 1.32. The van der Waals surface area contributed by atoms with Crippen molar-refractivity contribution in [3.8, 4) is 9.85 Å². The normalized spacial score (nSPS) is 14.2. The predicted octanol–water partition coefficient (Wildman–Crippen LogP) is 2.12. The molecule has 0 amide bonds. The summed E-state index contributed by atoms with van der Waals surface area (Å²) in [6, 6.07) is 0. The third-order valence-electron chi connectivity index (χ3n) is 2.37. The van der Waals surface area contributed by atoms with Crippen LogP contribution in [0, 0.1) is 9.85 Å². The van der Waals surface area contributed by atoms with Crippen LogP contribution in [0.4, 0.5) is 0 Å². The molecule has 0 heterocycles. The number of rotatable bonds is 5. The largest absolute Gasteiger partial charge is 0.308 e. The summed E-state index contributed by atoms with van der Waals surface area (Å²) in [5.74, 6) is 3.17. The Bertz CT molecular complexity index is 229. The molecule has 0 spiro atoms. The van der Waals surface area contributed by atoms with Crippen LogP contribution >= 0.6 is 22.6 Å². The highest BCUT2D eigenvalue weighted by atomic mass is 127. The van der Waals surface area contributed by atoms with Gasteiger partial charge in [0.25, 0.3) is 0 Å². The third kappa shape index (κ3) is 4.63. The SMILES string of the molecule is CNC(C)(CCCC#CI)C(C)=O. The topological polar surface area (TPSA) is 29.1 Å².